The molecule has 0 saturated carbocycles. The highest BCUT2D eigenvalue weighted by Crippen LogP contribution is 2.32. The summed E-state index contributed by atoms with van der Waals surface area (Å²) in [6.07, 6.45) is 1.79. The fourth-order valence-corrected chi connectivity index (χ4v) is 2.21. The van der Waals surface area contributed by atoms with Crippen molar-refractivity contribution in [3.8, 4) is 11.6 Å². The first-order valence-electron chi connectivity index (χ1n) is 6.87. The van der Waals surface area contributed by atoms with Crippen LogP contribution in [0.25, 0.3) is 0 Å². The minimum atomic E-state index is -0.448. The molecule has 0 atom stereocenters. The van der Waals surface area contributed by atoms with E-state index < -0.39 is 5.91 Å². The van der Waals surface area contributed by atoms with Gasteiger partial charge in [-0.05, 0) is 13.8 Å². The maximum atomic E-state index is 12.3. The van der Waals surface area contributed by atoms with E-state index in [2.05, 4.69) is 15.4 Å². The molecular weight excluding hydrogens is 308 g/mol. The highest BCUT2D eigenvalue weighted by molar-refractivity contribution is 6.34. The number of hydrogen-bond acceptors (Lipinski definition) is 5. The SMILES string of the molecule is CC(C)n1ccc(NC(=O)c2nc3c(cc2Cl)OCCO3)n1. The average molecular weight is 323 g/mol. The third-order valence-corrected chi connectivity index (χ3v) is 3.37. The fraction of sp³-hybridized carbons (Fsp3) is 0.357. The zero-order chi connectivity index (χ0) is 15.7. The Morgan fingerprint density at radius 1 is 1.41 bits per heavy atom. The second-order valence-electron chi connectivity index (χ2n) is 5.05. The topological polar surface area (TPSA) is 78.3 Å². The molecule has 3 heterocycles. The summed E-state index contributed by atoms with van der Waals surface area (Å²) in [5.41, 5.74) is 0.0741. The minimum absolute atomic E-state index is 0.0741. The Bertz CT molecular complexity index is 714. The number of ether oxygens (including phenoxy) is 2. The predicted octanol–water partition coefficient (Wildman–Crippen LogP) is 2.54. The minimum Gasteiger partial charge on any atom is -0.484 e. The maximum absolute atomic E-state index is 12.3. The van der Waals surface area contributed by atoms with Crippen molar-refractivity contribution in [2.75, 3.05) is 18.5 Å². The summed E-state index contributed by atoms with van der Waals surface area (Å²) in [6.45, 7) is 4.82. The standard InChI is InChI=1S/C14H15ClN4O3/c1-8(2)19-4-3-11(18-19)16-13(20)12-9(15)7-10-14(17-12)22-6-5-21-10/h3-4,7-8H,5-6H2,1-2H3,(H,16,18,20). The molecule has 0 spiro atoms. The molecule has 3 rings (SSSR count). The summed E-state index contributed by atoms with van der Waals surface area (Å²) < 4.78 is 12.5. The van der Waals surface area contributed by atoms with Gasteiger partial charge in [0.2, 0.25) is 0 Å². The van der Waals surface area contributed by atoms with Crippen molar-refractivity contribution in [3.63, 3.8) is 0 Å². The third kappa shape index (κ3) is 2.85. The number of aromatic nitrogens is 3. The molecule has 0 aromatic carbocycles. The van der Waals surface area contributed by atoms with Gasteiger partial charge in [-0.15, -0.1) is 0 Å². The number of nitrogens with zero attached hydrogens (tertiary/aromatic N) is 3. The molecular formula is C14H15ClN4O3. The smallest absolute Gasteiger partial charge is 0.277 e. The Hall–Kier alpha value is -2.28. The van der Waals surface area contributed by atoms with Gasteiger partial charge < -0.3 is 14.8 Å². The van der Waals surface area contributed by atoms with Crippen LogP contribution in [0.4, 0.5) is 5.82 Å². The molecule has 2 aromatic rings. The zero-order valence-electron chi connectivity index (χ0n) is 12.2. The van der Waals surface area contributed by atoms with Crippen LogP contribution in [0, 0.1) is 0 Å². The van der Waals surface area contributed by atoms with Crippen LogP contribution in [0.3, 0.4) is 0 Å². The van der Waals surface area contributed by atoms with Crippen LogP contribution < -0.4 is 14.8 Å². The Morgan fingerprint density at radius 3 is 2.91 bits per heavy atom. The van der Waals surface area contributed by atoms with Crippen LogP contribution in [0.1, 0.15) is 30.4 Å². The summed E-state index contributed by atoms with van der Waals surface area (Å²) in [5, 5.41) is 7.12. The number of nitrogens with one attached hydrogen (secondary N) is 1. The molecule has 0 bridgehead atoms. The highest BCUT2D eigenvalue weighted by Gasteiger charge is 2.21. The maximum Gasteiger partial charge on any atom is 0.277 e. The molecule has 116 valence electrons. The van der Waals surface area contributed by atoms with Crippen molar-refractivity contribution in [1.82, 2.24) is 14.8 Å². The van der Waals surface area contributed by atoms with E-state index in [-0.39, 0.29) is 22.6 Å². The van der Waals surface area contributed by atoms with E-state index in [0.29, 0.717) is 24.8 Å². The van der Waals surface area contributed by atoms with Crippen molar-refractivity contribution < 1.29 is 14.3 Å². The van der Waals surface area contributed by atoms with Crippen molar-refractivity contribution in [3.05, 3.63) is 29.0 Å². The van der Waals surface area contributed by atoms with Crippen molar-refractivity contribution in [2.45, 2.75) is 19.9 Å². The molecule has 22 heavy (non-hydrogen) atoms. The third-order valence-electron chi connectivity index (χ3n) is 3.08. The summed E-state index contributed by atoms with van der Waals surface area (Å²) in [7, 11) is 0. The number of carbonyl (C=O) groups excluding carboxylic acids is 1. The largest absolute Gasteiger partial charge is 0.484 e. The second-order valence-corrected chi connectivity index (χ2v) is 5.46. The quantitative estimate of drug-likeness (QED) is 0.939. The molecule has 0 fully saturated rings. The molecule has 2 aromatic heterocycles. The molecule has 0 unspecified atom stereocenters. The van der Waals surface area contributed by atoms with Gasteiger partial charge in [-0.25, -0.2) is 4.98 Å². The molecule has 1 amide bonds. The number of fused-ring (bicyclic) bond motifs is 1. The van der Waals surface area contributed by atoms with Crippen molar-refractivity contribution in [1.29, 1.82) is 0 Å². The van der Waals surface area contributed by atoms with Crippen molar-refractivity contribution in [2.24, 2.45) is 0 Å². The van der Waals surface area contributed by atoms with Gasteiger partial charge in [0.25, 0.3) is 11.8 Å². The molecule has 7 nitrogen and oxygen atoms in total. The summed E-state index contributed by atoms with van der Waals surface area (Å²) >= 11 is 6.09. The van der Waals surface area contributed by atoms with Crippen LogP contribution in [-0.2, 0) is 0 Å². The molecule has 1 N–H and O–H groups in total. The Balaban J connectivity index is 1.82. The van der Waals surface area contributed by atoms with Gasteiger partial charge in [-0.2, -0.15) is 5.10 Å². The molecule has 0 aliphatic carbocycles. The normalized spacial score (nSPS) is 13.3. The van der Waals surface area contributed by atoms with E-state index in [9.17, 15) is 4.79 Å². The number of rotatable bonds is 3. The Labute approximate surface area is 132 Å². The van der Waals surface area contributed by atoms with Gasteiger partial charge >= 0.3 is 0 Å². The van der Waals surface area contributed by atoms with Gasteiger partial charge in [0.05, 0.1) is 5.02 Å². The van der Waals surface area contributed by atoms with Crippen LogP contribution in [0.5, 0.6) is 11.6 Å². The number of halogens is 1. The van der Waals surface area contributed by atoms with Crippen LogP contribution >= 0.6 is 11.6 Å². The number of hydrogen-bond donors (Lipinski definition) is 1. The second kappa shape index (κ2) is 5.84. The first kappa shape index (κ1) is 14.6. The van der Waals surface area contributed by atoms with E-state index in [1.807, 2.05) is 13.8 Å². The fourth-order valence-electron chi connectivity index (χ4n) is 1.98. The number of amides is 1. The lowest BCUT2D eigenvalue weighted by molar-refractivity contribution is 0.101. The summed E-state index contributed by atoms with van der Waals surface area (Å²) in [6, 6.07) is 3.45. The van der Waals surface area contributed by atoms with E-state index in [1.54, 1.807) is 16.9 Å². The van der Waals surface area contributed by atoms with Crippen LogP contribution in [0.15, 0.2) is 18.3 Å². The average Bonchev–Trinajstić information content (AvgIpc) is 2.95. The first-order valence-corrected chi connectivity index (χ1v) is 7.25. The lowest BCUT2D eigenvalue weighted by atomic mass is 10.3. The van der Waals surface area contributed by atoms with Crippen LogP contribution in [-0.4, -0.2) is 33.9 Å². The van der Waals surface area contributed by atoms with Crippen LogP contribution in [0.2, 0.25) is 5.02 Å². The summed E-state index contributed by atoms with van der Waals surface area (Å²) in [4.78, 5) is 16.4. The van der Waals surface area contributed by atoms with E-state index >= 15 is 0 Å². The first-order chi connectivity index (χ1) is 10.5. The molecule has 0 radical (unpaired) electrons. The van der Waals surface area contributed by atoms with Gasteiger partial charge in [0.15, 0.2) is 17.3 Å². The number of pyridine rings is 1. The Morgan fingerprint density at radius 2 is 2.18 bits per heavy atom. The zero-order valence-corrected chi connectivity index (χ0v) is 12.9. The molecule has 1 aliphatic rings. The predicted molar refractivity (Wildman–Crippen MR) is 80.8 cm³/mol. The van der Waals surface area contributed by atoms with E-state index in [1.165, 1.54) is 6.07 Å². The highest BCUT2D eigenvalue weighted by atomic mass is 35.5. The van der Waals surface area contributed by atoms with Crippen molar-refractivity contribution >= 4 is 23.3 Å². The summed E-state index contributed by atoms with van der Waals surface area (Å²) in [5.74, 6) is 0.702. The van der Waals surface area contributed by atoms with Gasteiger partial charge in [-0.3, -0.25) is 9.48 Å². The molecule has 1 aliphatic heterocycles. The molecule has 0 saturated heterocycles. The van der Waals surface area contributed by atoms with Gasteiger partial charge in [0, 0.05) is 24.4 Å². The Kier molecular flexibility index (Phi) is 3.89. The number of anilines is 1. The van der Waals surface area contributed by atoms with E-state index in [0.717, 1.165) is 0 Å². The van der Waals surface area contributed by atoms with Gasteiger partial charge in [0.1, 0.15) is 13.2 Å². The molecule has 8 heteroatoms. The number of carbonyl (C=O) groups is 1. The van der Waals surface area contributed by atoms with Gasteiger partial charge in [-0.1, -0.05) is 11.6 Å². The monoisotopic (exact) mass is 322 g/mol. The van der Waals surface area contributed by atoms with E-state index in [4.69, 9.17) is 21.1 Å². The lowest BCUT2D eigenvalue weighted by Crippen LogP contribution is -2.20. The lowest BCUT2D eigenvalue weighted by Gasteiger charge is -2.18.